The van der Waals surface area contributed by atoms with Crippen LogP contribution in [0.3, 0.4) is 0 Å². The minimum atomic E-state index is 0.750. The second-order valence-electron chi connectivity index (χ2n) is 7.72. The number of hydrogen-bond donors (Lipinski definition) is 1. The van der Waals surface area contributed by atoms with Crippen LogP contribution in [0.4, 0.5) is 0 Å². The summed E-state index contributed by atoms with van der Waals surface area (Å²) in [7, 11) is 0. The van der Waals surface area contributed by atoms with Gasteiger partial charge in [0.15, 0.2) is 0 Å². The summed E-state index contributed by atoms with van der Waals surface area (Å²) in [6.07, 6.45) is 8.39. The van der Waals surface area contributed by atoms with E-state index in [9.17, 15) is 0 Å². The van der Waals surface area contributed by atoms with E-state index in [0.29, 0.717) is 0 Å². The van der Waals surface area contributed by atoms with Gasteiger partial charge in [-0.2, -0.15) is 0 Å². The fourth-order valence-corrected chi connectivity index (χ4v) is 4.98. The highest BCUT2D eigenvalue weighted by molar-refractivity contribution is 4.94. The summed E-state index contributed by atoms with van der Waals surface area (Å²) in [6.45, 7) is 11.8. The van der Waals surface area contributed by atoms with E-state index in [1.807, 2.05) is 0 Å². The molecule has 2 saturated carbocycles. The normalized spacial score (nSPS) is 38.9. The first kappa shape index (κ1) is 16.3. The van der Waals surface area contributed by atoms with Crippen molar-refractivity contribution in [3.05, 3.63) is 0 Å². The second-order valence-corrected chi connectivity index (χ2v) is 7.72. The minimum Gasteiger partial charge on any atom is -0.330 e. The molecule has 2 aliphatic rings. The van der Waals surface area contributed by atoms with Crippen molar-refractivity contribution in [2.75, 3.05) is 13.1 Å². The fourth-order valence-electron chi connectivity index (χ4n) is 4.98. The lowest BCUT2D eigenvalue weighted by atomic mass is 9.72. The lowest BCUT2D eigenvalue weighted by Gasteiger charge is -2.47. The molecule has 0 heterocycles. The Morgan fingerprint density at radius 2 is 1.85 bits per heavy atom. The van der Waals surface area contributed by atoms with Crippen molar-refractivity contribution in [3.8, 4) is 0 Å². The molecule has 0 saturated heterocycles. The average molecular weight is 280 g/mol. The quantitative estimate of drug-likeness (QED) is 0.827. The molecular formula is C18H36N2. The average Bonchev–Trinajstić information content (AvgIpc) is 2.87. The SMILES string of the molecule is CCN(C1CCCC1CN)C1CC(C)CCC1C(C)C. The molecule has 5 atom stereocenters. The van der Waals surface area contributed by atoms with Gasteiger partial charge in [-0.15, -0.1) is 0 Å². The van der Waals surface area contributed by atoms with Gasteiger partial charge in [-0.1, -0.05) is 40.5 Å². The number of rotatable bonds is 5. The Morgan fingerprint density at radius 1 is 1.10 bits per heavy atom. The molecule has 118 valence electrons. The Balaban J connectivity index is 2.14. The molecular weight excluding hydrogens is 244 g/mol. The van der Waals surface area contributed by atoms with Crippen molar-refractivity contribution in [2.45, 2.75) is 78.3 Å². The molecule has 0 aromatic rings. The Morgan fingerprint density at radius 3 is 2.45 bits per heavy atom. The summed E-state index contributed by atoms with van der Waals surface area (Å²) >= 11 is 0. The van der Waals surface area contributed by atoms with E-state index in [2.05, 4.69) is 32.6 Å². The smallest absolute Gasteiger partial charge is 0.0138 e. The van der Waals surface area contributed by atoms with E-state index in [-0.39, 0.29) is 0 Å². The Hall–Kier alpha value is -0.0800. The zero-order valence-electron chi connectivity index (χ0n) is 14.1. The Labute approximate surface area is 126 Å². The molecule has 0 aliphatic heterocycles. The van der Waals surface area contributed by atoms with Crippen molar-refractivity contribution in [1.29, 1.82) is 0 Å². The van der Waals surface area contributed by atoms with Crippen LogP contribution in [0.25, 0.3) is 0 Å². The van der Waals surface area contributed by atoms with Crippen LogP contribution in [-0.4, -0.2) is 30.1 Å². The second kappa shape index (κ2) is 7.26. The van der Waals surface area contributed by atoms with E-state index < -0.39 is 0 Å². The van der Waals surface area contributed by atoms with Gasteiger partial charge in [0, 0.05) is 12.1 Å². The monoisotopic (exact) mass is 280 g/mol. The van der Waals surface area contributed by atoms with Gasteiger partial charge in [0.1, 0.15) is 0 Å². The Bertz CT molecular complexity index is 289. The zero-order valence-corrected chi connectivity index (χ0v) is 14.1. The van der Waals surface area contributed by atoms with Crippen LogP contribution in [-0.2, 0) is 0 Å². The molecule has 0 radical (unpaired) electrons. The molecule has 0 bridgehead atoms. The van der Waals surface area contributed by atoms with Crippen LogP contribution in [0.15, 0.2) is 0 Å². The molecule has 2 nitrogen and oxygen atoms in total. The first-order valence-corrected chi connectivity index (χ1v) is 9.04. The summed E-state index contributed by atoms with van der Waals surface area (Å²) in [6, 6.07) is 1.57. The van der Waals surface area contributed by atoms with Crippen LogP contribution < -0.4 is 5.73 Å². The predicted molar refractivity (Wildman–Crippen MR) is 87.7 cm³/mol. The third kappa shape index (κ3) is 3.39. The van der Waals surface area contributed by atoms with E-state index in [1.165, 1.54) is 45.1 Å². The van der Waals surface area contributed by atoms with E-state index in [4.69, 9.17) is 5.73 Å². The Kier molecular flexibility index (Phi) is 5.92. The van der Waals surface area contributed by atoms with Crippen molar-refractivity contribution in [2.24, 2.45) is 29.4 Å². The third-order valence-corrected chi connectivity index (χ3v) is 6.13. The standard InChI is InChI=1S/C18H36N2/c1-5-20(17-8-6-7-15(17)12-19)18-11-14(4)9-10-16(18)13(2)3/h13-18H,5-12,19H2,1-4H3. The molecule has 2 aliphatic carbocycles. The van der Waals surface area contributed by atoms with E-state index >= 15 is 0 Å². The molecule has 0 aromatic carbocycles. The van der Waals surface area contributed by atoms with Crippen molar-refractivity contribution < 1.29 is 0 Å². The van der Waals surface area contributed by atoms with E-state index in [0.717, 1.165) is 42.3 Å². The van der Waals surface area contributed by atoms with E-state index in [1.54, 1.807) is 0 Å². The first-order chi connectivity index (χ1) is 9.58. The van der Waals surface area contributed by atoms with Crippen molar-refractivity contribution >= 4 is 0 Å². The molecule has 0 spiro atoms. The van der Waals surface area contributed by atoms with Crippen LogP contribution in [0.2, 0.25) is 0 Å². The lowest BCUT2D eigenvalue weighted by Crippen LogP contribution is -2.52. The molecule has 0 aromatic heterocycles. The van der Waals surface area contributed by atoms with Gasteiger partial charge in [-0.05, 0) is 62.4 Å². The van der Waals surface area contributed by atoms with Gasteiger partial charge in [-0.3, -0.25) is 4.90 Å². The molecule has 2 rings (SSSR count). The van der Waals surface area contributed by atoms with Crippen LogP contribution in [0, 0.1) is 23.7 Å². The number of hydrogen-bond acceptors (Lipinski definition) is 2. The molecule has 2 fully saturated rings. The van der Waals surface area contributed by atoms with Gasteiger partial charge in [0.2, 0.25) is 0 Å². The summed E-state index contributed by atoms with van der Waals surface area (Å²) in [5, 5.41) is 0. The highest BCUT2D eigenvalue weighted by Crippen LogP contribution is 2.40. The topological polar surface area (TPSA) is 29.3 Å². The minimum absolute atomic E-state index is 0.750. The van der Waals surface area contributed by atoms with Gasteiger partial charge in [0.25, 0.3) is 0 Å². The molecule has 20 heavy (non-hydrogen) atoms. The van der Waals surface area contributed by atoms with Crippen molar-refractivity contribution in [1.82, 2.24) is 4.90 Å². The van der Waals surface area contributed by atoms with Gasteiger partial charge in [-0.25, -0.2) is 0 Å². The number of nitrogens with two attached hydrogens (primary N) is 1. The van der Waals surface area contributed by atoms with Crippen LogP contribution >= 0.6 is 0 Å². The maximum absolute atomic E-state index is 6.04. The lowest BCUT2D eigenvalue weighted by molar-refractivity contribution is 0.0212. The highest BCUT2D eigenvalue weighted by atomic mass is 15.2. The molecule has 5 unspecified atom stereocenters. The largest absolute Gasteiger partial charge is 0.330 e. The maximum atomic E-state index is 6.04. The molecule has 0 amide bonds. The van der Waals surface area contributed by atoms with Crippen LogP contribution in [0.5, 0.6) is 0 Å². The summed E-state index contributed by atoms with van der Waals surface area (Å²) < 4.78 is 0. The van der Waals surface area contributed by atoms with Gasteiger partial charge >= 0.3 is 0 Å². The summed E-state index contributed by atoms with van der Waals surface area (Å²) in [4.78, 5) is 2.87. The predicted octanol–water partition coefficient (Wildman–Crippen LogP) is 3.90. The first-order valence-electron chi connectivity index (χ1n) is 9.04. The van der Waals surface area contributed by atoms with Crippen LogP contribution in [0.1, 0.15) is 66.2 Å². The molecule has 2 heteroatoms. The maximum Gasteiger partial charge on any atom is 0.0138 e. The fraction of sp³-hybridized carbons (Fsp3) is 1.00. The van der Waals surface area contributed by atoms with Gasteiger partial charge in [0.05, 0.1) is 0 Å². The summed E-state index contributed by atoms with van der Waals surface area (Å²) in [5.41, 5.74) is 6.04. The van der Waals surface area contributed by atoms with Gasteiger partial charge < -0.3 is 5.73 Å². The van der Waals surface area contributed by atoms with Crippen molar-refractivity contribution in [3.63, 3.8) is 0 Å². The number of nitrogens with zero attached hydrogens (tertiary/aromatic N) is 1. The zero-order chi connectivity index (χ0) is 14.7. The highest BCUT2D eigenvalue weighted by Gasteiger charge is 2.40. The third-order valence-electron chi connectivity index (χ3n) is 6.13. The summed E-state index contributed by atoms with van der Waals surface area (Å²) in [5.74, 6) is 3.37. The molecule has 2 N–H and O–H groups in total.